The molecule has 2 aromatic carbocycles. The number of benzene rings is 2. The molecule has 1 heterocycles. The van der Waals surface area contributed by atoms with Crippen LogP contribution in [-0.2, 0) is 24.4 Å². The smallest absolute Gasteiger partial charge is 0.367 e. The standard InChI is InChI=1S/C23H27F3N4O.HI/c1-27-22(29-15-19-8-10-21(11-9-19)30-12-2-3-13-30)28-14-18-4-6-20(7-5-18)16-31-17-23(24,25)26;/h2-11H,12-17H2,1H3,(H2,27,28,29);1H. The topological polar surface area (TPSA) is 48.9 Å². The summed E-state index contributed by atoms with van der Waals surface area (Å²) in [6.45, 7) is 1.80. The Morgan fingerprint density at radius 1 is 0.906 bits per heavy atom. The fraction of sp³-hybridized carbons (Fsp3) is 0.348. The lowest BCUT2D eigenvalue weighted by Gasteiger charge is -2.18. The monoisotopic (exact) mass is 560 g/mol. The van der Waals surface area contributed by atoms with Crippen LogP contribution >= 0.6 is 24.0 Å². The Labute approximate surface area is 203 Å². The minimum atomic E-state index is -4.31. The second kappa shape index (κ2) is 12.7. The number of aliphatic imine (C=N–C) groups is 1. The van der Waals surface area contributed by atoms with Crippen molar-refractivity contribution in [2.75, 3.05) is 31.6 Å². The first-order valence-electron chi connectivity index (χ1n) is 10.1. The number of anilines is 1. The van der Waals surface area contributed by atoms with Crippen LogP contribution in [0.1, 0.15) is 16.7 Å². The molecule has 0 atom stereocenters. The highest BCUT2D eigenvalue weighted by atomic mass is 127. The average molecular weight is 560 g/mol. The summed E-state index contributed by atoms with van der Waals surface area (Å²) in [6, 6.07) is 15.7. The van der Waals surface area contributed by atoms with Gasteiger partial charge in [-0.2, -0.15) is 13.2 Å². The number of hydrogen-bond acceptors (Lipinski definition) is 3. The molecule has 2 aromatic rings. The van der Waals surface area contributed by atoms with Gasteiger partial charge in [-0.3, -0.25) is 4.99 Å². The van der Waals surface area contributed by atoms with Crippen molar-refractivity contribution in [2.24, 2.45) is 4.99 Å². The first kappa shape index (κ1) is 26.0. The molecule has 32 heavy (non-hydrogen) atoms. The zero-order chi connectivity index (χ0) is 22.1. The van der Waals surface area contributed by atoms with E-state index in [4.69, 9.17) is 0 Å². The predicted octanol–water partition coefficient (Wildman–Crippen LogP) is 4.62. The molecule has 5 nitrogen and oxygen atoms in total. The fourth-order valence-electron chi connectivity index (χ4n) is 3.14. The van der Waals surface area contributed by atoms with Crippen LogP contribution in [0.15, 0.2) is 65.7 Å². The van der Waals surface area contributed by atoms with E-state index in [0.29, 0.717) is 24.6 Å². The number of nitrogens with zero attached hydrogens (tertiary/aromatic N) is 2. The van der Waals surface area contributed by atoms with Crippen molar-refractivity contribution in [3.05, 3.63) is 77.4 Å². The average Bonchev–Trinajstić information content (AvgIpc) is 3.29. The number of halogens is 4. The van der Waals surface area contributed by atoms with Gasteiger partial charge in [-0.1, -0.05) is 48.6 Å². The molecule has 2 N–H and O–H groups in total. The lowest BCUT2D eigenvalue weighted by molar-refractivity contribution is -0.176. The molecule has 1 aliphatic rings. The maximum absolute atomic E-state index is 12.1. The van der Waals surface area contributed by atoms with Gasteiger partial charge in [-0.25, -0.2) is 0 Å². The number of guanidine groups is 1. The van der Waals surface area contributed by atoms with Gasteiger partial charge in [-0.05, 0) is 28.8 Å². The molecule has 0 aromatic heterocycles. The van der Waals surface area contributed by atoms with Gasteiger partial charge in [0.05, 0.1) is 6.61 Å². The molecule has 3 rings (SSSR count). The molecule has 0 aliphatic carbocycles. The maximum atomic E-state index is 12.1. The predicted molar refractivity (Wildman–Crippen MR) is 132 cm³/mol. The summed E-state index contributed by atoms with van der Waals surface area (Å²) >= 11 is 0. The first-order valence-corrected chi connectivity index (χ1v) is 10.1. The summed E-state index contributed by atoms with van der Waals surface area (Å²) in [4.78, 5) is 6.53. The Bertz CT molecular complexity index is 876. The fourth-order valence-corrected chi connectivity index (χ4v) is 3.14. The largest absolute Gasteiger partial charge is 0.411 e. The molecule has 0 unspecified atom stereocenters. The van der Waals surface area contributed by atoms with Crippen LogP contribution in [0.2, 0.25) is 0 Å². The van der Waals surface area contributed by atoms with E-state index in [1.165, 1.54) is 5.69 Å². The highest BCUT2D eigenvalue weighted by Crippen LogP contribution is 2.18. The second-order valence-electron chi connectivity index (χ2n) is 7.25. The van der Waals surface area contributed by atoms with Crippen LogP contribution in [0.3, 0.4) is 0 Å². The molecule has 0 saturated carbocycles. The molecule has 0 bridgehead atoms. The molecule has 0 fully saturated rings. The molecule has 0 spiro atoms. The summed E-state index contributed by atoms with van der Waals surface area (Å²) in [5, 5.41) is 6.52. The third-order valence-corrected chi connectivity index (χ3v) is 4.82. The van der Waals surface area contributed by atoms with E-state index in [2.05, 4.69) is 61.7 Å². The molecule has 9 heteroatoms. The zero-order valence-electron chi connectivity index (χ0n) is 17.9. The summed E-state index contributed by atoms with van der Waals surface area (Å²) in [7, 11) is 1.71. The quantitative estimate of drug-likeness (QED) is 0.214. The Hall–Kier alpha value is -2.27. The van der Waals surface area contributed by atoms with Gasteiger partial charge in [-0.15, -0.1) is 24.0 Å². The van der Waals surface area contributed by atoms with E-state index in [1.807, 2.05) is 12.1 Å². The van der Waals surface area contributed by atoms with Crippen molar-refractivity contribution >= 4 is 35.6 Å². The molecular formula is C23H28F3IN4O. The third kappa shape index (κ3) is 8.70. The number of ether oxygens (including phenoxy) is 1. The SMILES string of the molecule is CN=C(NCc1ccc(COCC(F)(F)F)cc1)NCc1ccc(N2CC=CC2)cc1.I. The van der Waals surface area contributed by atoms with E-state index in [1.54, 1.807) is 19.2 Å². The van der Waals surface area contributed by atoms with E-state index < -0.39 is 12.8 Å². The van der Waals surface area contributed by atoms with Gasteiger partial charge in [0.15, 0.2) is 5.96 Å². The summed E-state index contributed by atoms with van der Waals surface area (Å²) < 4.78 is 41.1. The van der Waals surface area contributed by atoms with Gasteiger partial charge in [0.2, 0.25) is 0 Å². The Morgan fingerprint density at radius 3 is 1.91 bits per heavy atom. The van der Waals surface area contributed by atoms with Crippen LogP contribution in [0.5, 0.6) is 0 Å². The van der Waals surface area contributed by atoms with E-state index in [-0.39, 0.29) is 30.6 Å². The van der Waals surface area contributed by atoms with Gasteiger partial charge in [0.1, 0.15) is 6.61 Å². The maximum Gasteiger partial charge on any atom is 0.411 e. The van der Waals surface area contributed by atoms with E-state index in [0.717, 1.165) is 24.2 Å². The van der Waals surface area contributed by atoms with Gasteiger partial charge in [0.25, 0.3) is 0 Å². The van der Waals surface area contributed by atoms with Crippen LogP contribution < -0.4 is 15.5 Å². The van der Waals surface area contributed by atoms with Crippen LogP contribution in [0.4, 0.5) is 18.9 Å². The minimum Gasteiger partial charge on any atom is -0.367 e. The highest BCUT2D eigenvalue weighted by molar-refractivity contribution is 14.0. The number of rotatable bonds is 8. The summed E-state index contributed by atoms with van der Waals surface area (Å²) in [5.41, 5.74) is 4.06. The van der Waals surface area contributed by atoms with Crippen molar-refractivity contribution in [3.8, 4) is 0 Å². The lowest BCUT2D eigenvalue weighted by Crippen LogP contribution is -2.36. The molecule has 1 aliphatic heterocycles. The van der Waals surface area contributed by atoms with E-state index in [9.17, 15) is 13.2 Å². The number of alkyl halides is 3. The van der Waals surface area contributed by atoms with Crippen LogP contribution in [0.25, 0.3) is 0 Å². The van der Waals surface area contributed by atoms with Gasteiger partial charge >= 0.3 is 6.18 Å². The second-order valence-corrected chi connectivity index (χ2v) is 7.25. The van der Waals surface area contributed by atoms with Crippen molar-refractivity contribution in [1.82, 2.24) is 10.6 Å². The van der Waals surface area contributed by atoms with Crippen LogP contribution in [0, 0.1) is 0 Å². The highest BCUT2D eigenvalue weighted by Gasteiger charge is 2.27. The third-order valence-electron chi connectivity index (χ3n) is 4.82. The number of hydrogen-bond donors (Lipinski definition) is 2. The van der Waals surface area contributed by atoms with Crippen molar-refractivity contribution in [2.45, 2.75) is 25.9 Å². The van der Waals surface area contributed by atoms with Crippen molar-refractivity contribution < 1.29 is 17.9 Å². The van der Waals surface area contributed by atoms with Crippen molar-refractivity contribution in [3.63, 3.8) is 0 Å². The Kier molecular flexibility index (Phi) is 10.3. The van der Waals surface area contributed by atoms with Gasteiger partial charge in [0, 0.05) is 38.9 Å². The normalized spacial score (nSPS) is 13.8. The molecule has 0 radical (unpaired) electrons. The molecular weight excluding hydrogens is 532 g/mol. The van der Waals surface area contributed by atoms with Crippen LogP contribution in [-0.4, -0.2) is 38.9 Å². The van der Waals surface area contributed by atoms with Gasteiger partial charge < -0.3 is 20.3 Å². The lowest BCUT2D eigenvalue weighted by atomic mass is 10.1. The molecule has 174 valence electrons. The van der Waals surface area contributed by atoms with Crippen molar-refractivity contribution in [1.29, 1.82) is 0 Å². The first-order chi connectivity index (χ1) is 14.9. The van der Waals surface area contributed by atoms with E-state index >= 15 is 0 Å². The molecule has 0 amide bonds. The Morgan fingerprint density at radius 2 is 1.41 bits per heavy atom. The zero-order valence-corrected chi connectivity index (χ0v) is 20.2. The Balaban J connectivity index is 0.00000363. The minimum absolute atomic E-state index is 0. The number of nitrogens with one attached hydrogen (secondary N) is 2. The molecule has 0 saturated heterocycles. The summed E-state index contributed by atoms with van der Waals surface area (Å²) in [5.74, 6) is 0.672. The summed E-state index contributed by atoms with van der Waals surface area (Å²) in [6.07, 6.45) is 0.0287.